The molecule has 4 N–H and O–H groups in total. The Bertz CT molecular complexity index is 1160. The maximum Gasteiger partial charge on any atom is 0.416 e. The Labute approximate surface area is 165 Å². The third kappa shape index (κ3) is 3.11. The molecule has 4 rings (SSSR count). The number of thiophene rings is 1. The highest BCUT2D eigenvalue weighted by Crippen LogP contribution is 2.50. The van der Waals surface area contributed by atoms with Crippen LogP contribution in [0.5, 0.6) is 11.5 Å². The van der Waals surface area contributed by atoms with E-state index in [0.29, 0.717) is 23.8 Å². The zero-order chi connectivity index (χ0) is 21.1. The van der Waals surface area contributed by atoms with Crippen molar-refractivity contribution in [2.45, 2.75) is 12.6 Å². The zero-order valence-corrected chi connectivity index (χ0v) is 15.3. The van der Waals surface area contributed by atoms with Crippen LogP contribution in [0.15, 0.2) is 35.7 Å². The highest BCUT2D eigenvalue weighted by atomic mass is 32.1. The Kier molecular flexibility index (Phi) is 4.30. The van der Waals surface area contributed by atoms with E-state index in [9.17, 15) is 32.2 Å². The average molecular weight is 425 g/mol. The van der Waals surface area contributed by atoms with Crippen molar-refractivity contribution < 1.29 is 32.2 Å². The first-order valence-electron chi connectivity index (χ1n) is 8.26. The van der Waals surface area contributed by atoms with Gasteiger partial charge in [0.1, 0.15) is 23.1 Å². The first-order valence-corrected chi connectivity index (χ1v) is 9.14. The van der Waals surface area contributed by atoms with Crippen LogP contribution in [0.2, 0.25) is 0 Å². The van der Waals surface area contributed by atoms with Crippen LogP contribution in [0, 0.1) is 11.6 Å². The molecular formula is C20H12F5NO2S. The van der Waals surface area contributed by atoms with Crippen LogP contribution < -0.4 is 5.73 Å². The van der Waals surface area contributed by atoms with Crippen molar-refractivity contribution in [3.63, 3.8) is 0 Å². The molecule has 0 bridgehead atoms. The van der Waals surface area contributed by atoms with Crippen molar-refractivity contribution in [1.29, 1.82) is 0 Å². The minimum atomic E-state index is -4.78. The van der Waals surface area contributed by atoms with Gasteiger partial charge in [-0.1, -0.05) is 0 Å². The van der Waals surface area contributed by atoms with Crippen molar-refractivity contribution in [3.8, 4) is 11.5 Å². The summed E-state index contributed by atoms with van der Waals surface area (Å²) in [7, 11) is 0. The van der Waals surface area contributed by atoms with E-state index in [1.807, 2.05) is 0 Å². The molecule has 0 spiro atoms. The number of benzene rings is 2. The Balaban J connectivity index is 2.08. The van der Waals surface area contributed by atoms with Gasteiger partial charge in [-0.05, 0) is 45.9 Å². The molecule has 0 unspecified atom stereocenters. The first kappa shape index (κ1) is 19.3. The van der Waals surface area contributed by atoms with Crippen LogP contribution in [0.4, 0.5) is 27.0 Å². The molecule has 3 aromatic rings. The standard InChI is InChI=1S/C20H12F5NO2S/c21-15-5-9(28)6-16(22)18(15)13-7-11-12(17(13)10-1-2-29-19(10)26)3-8(27)4-14(11)20(23,24)25/h1-6,27-28H,7,26H2. The van der Waals surface area contributed by atoms with Gasteiger partial charge in [-0.2, -0.15) is 13.2 Å². The third-order valence-corrected chi connectivity index (χ3v) is 5.50. The van der Waals surface area contributed by atoms with Gasteiger partial charge in [0.15, 0.2) is 0 Å². The molecule has 0 atom stereocenters. The number of halogens is 5. The van der Waals surface area contributed by atoms with Crippen LogP contribution in [0.1, 0.15) is 27.8 Å². The van der Waals surface area contributed by atoms with E-state index in [2.05, 4.69) is 0 Å². The molecule has 0 aliphatic heterocycles. The molecule has 3 nitrogen and oxygen atoms in total. The number of fused-ring (bicyclic) bond motifs is 1. The quantitative estimate of drug-likeness (QED) is 0.472. The molecule has 0 fully saturated rings. The van der Waals surface area contributed by atoms with Gasteiger partial charge in [0.2, 0.25) is 0 Å². The number of alkyl halides is 3. The van der Waals surface area contributed by atoms with Crippen LogP contribution in [0.25, 0.3) is 11.1 Å². The van der Waals surface area contributed by atoms with E-state index in [4.69, 9.17) is 5.73 Å². The summed E-state index contributed by atoms with van der Waals surface area (Å²) < 4.78 is 69.9. The number of allylic oxidation sites excluding steroid dienone is 1. The van der Waals surface area contributed by atoms with E-state index >= 15 is 0 Å². The second kappa shape index (κ2) is 6.48. The van der Waals surface area contributed by atoms with Gasteiger partial charge >= 0.3 is 6.18 Å². The molecule has 0 amide bonds. The molecule has 0 saturated carbocycles. The lowest BCUT2D eigenvalue weighted by Gasteiger charge is -2.14. The number of nitrogens with two attached hydrogens (primary N) is 1. The number of anilines is 1. The zero-order valence-electron chi connectivity index (χ0n) is 14.4. The lowest BCUT2D eigenvalue weighted by Crippen LogP contribution is -2.09. The molecule has 29 heavy (non-hydrogen) atoms. The smallest absolute Gasteiger partial charge is 0.416 e. The molecule has 1 aromatic heterocycles. The van der Waals surface area contributed by atoms with Gasteiger partial charge in [-0.3, -0.25) is 0 Å². The van der Waals surface area contributed by atoms with Crippen molar-refractivity contribution in [3.05, 3.63) is 75.2 Å². The summed E-state index contributed by atoms with van der Waals surface area (Å²) in [5.74, 6) is -3.51. The second-order valence-electron chi connectivity index (χ2n) is 6.53. The van der Waals surface area contributed by atoms with Crippen LogP contribution in [0.3, 0.4) is 0 Å². The Morgan fingerprint density at radius 1 is 0.931 bits per heavy atom. The van der Waals surface area contributed by atoms with E-state index in [1.54, 1.807) is 5.38 Å². The van der Waals surface area contributed by atoms with E-state index in [-0.39, 0.29) is 27.3 Å². The molecule has 9 heteroatoms. The molecule has 150 valence electrons. The average Bonchev–Trinajstić information content (AvgIpc) is 3.15. The largest absolute Gasteiger partial charge is 0.508 e. The van der Waals surface area contributed by atoms with Crippen molar-refractivity contribution in [1.82, 2.24) is 0 Å². The molecule has 0 radical (unpaired) electrons. The third-order valence-electron chi connectivity index (χ3n) is 4.76. The van der Waals surface area contributed by atoms with Crippen LogP contribution >= 0.6 is 11.3 Å². The van der Waals surface area contributed by atoms with Gasteiger partial charge in [0.25, 0.3) is 0 Å². The lowest BCUT2D eigenvalue weighted by atomic mass is 9.94. The summed E-state index contributed by atoms with van der Waals surface area (Å²) in [4.78, 5) is 0. The fourth-order valence-electron chi connectivity index (χ4n) is 3.65. The monoisotopic (exact) mass is 425 g/mol. The number of aromatic hydroxyl groups is 2. The van der Waals surface area contributed by atoms with Gasteiger partial charge in [-0.25, -0.2) is 8.78 Å². The van der Waals surface area contributed by atoms with Gasteiger partial charge in [-0.15, -0.1) is 11.3 Å². The normalized spacial score (nSPS) is 13.8. The molecule has 1 aliphatic carbocycles. The molecular weight excluding hydrogens is 413 g/mol. The second-order valence-corrected chi connectivity index (χ2v) is 7.48. The Morgan fingerprint density at radius 2 is 1.55 bits per heavy atom. The first-order chi connectivity index (χ1) is 13.6. The summed E-state index contributed by atoms with van der Waals surface area (Å²) in [6.45, 7) is 0. The molecule has 1 heterocycles. The Morgan fingerprint density at radius 3 is 2.10 bits per heavy atom. The molecule has 1 aliphatic rings. The summed E-state index contributed by atoms with van der Waals surface area (Å²) in [6, 6.07) is 4.62. The van der Waals surface area contributed by atoms with E-state index in [1.165, 1.54) is 6.07 Å². The highest BCUT2D eigenvalue weighted by molar-refractivity contribution is 7.14. The number of nitrogen functional groups attached to an aromatic ring is 1. The summed E-state index contributed by atoms with van der Waals surface area (Å²) in [5.41, 5.74) is 4.49. The summed E-state index contributed by atoms with van der Waals surface area (Å²) in [5, 5.41) is 21.2. The predicted octanol–water partition coefficient (Wildman–Crippen LogP) is 5.55. The minimum absolute atomic E-state index is 0.00398. The number of hydrogen-bond donors (Lipinski definition) is 3. The number of hydrogen-bond acceptors (Lipinski definition) is 4. The SMILES string of the molecule is Nc1sccc1C1=C(c2c(F)cc(O)cc2F)Cc2c1cc(O)cc2C(F)(F)F. The van der Waals surface area contributed by atoms with Crippen LogP contribution in [-0.4, -0.2) is 10.2 Å². The maximum absolute atomic E-state index is 14.6. The van der Waals surface area contributed by atoms with Crippen molar-refractivity contribution in [2.24, 2.45) is 0 Å². The maximum atomic E-state index is 14.6. The summed E-state index contributed by atoms with van der Waals surface area (Å²) >= 11 is 1.12. The van der Waals surface area contributed by atoms with E-state index in [0.717, 1.165) is 17.4 Å². The highest BCUT2D eigenvalue weighted by Gasteiger charge is 2.39. The molecule has 2 aromatic carbocycles. The topological polar surface area (TPSA) is 66.5 Å². The summed E-state index contributed by atoms with van der Waals surface area (Å²) in [6.07, 6.45) is -5.21. The van der Waals surface area contributed by atoms with Gasteiger partial charge in [0.05, 0.1) is 16.1 Å². The lowest BCUT2D eigenvalue weighted by molar-refractivity contribution is -0.138. The number of phenolic OH excluding ortho intramolecular Hbond substituents is 2. The predicted molar refractivity (Wildman–Crippen MR) is 99.5 cm³/mol. The number of phenols is 2. The molecule has 0 saturated heterocycles. The number of rotatable bonds is 2. The van der Waals surface area contributed by atoms with Crippen LogP contribution in [-0.2, 0) is 12.6 Å². The fraction of sp³-hybridized carbons (Fsp3) is 0.100. The van der Waals surface area contributed by atoms with Gasteiger partial charge < -0.3 is 15.9 Å². The minimum Gasteiger partial charge on any atom is -0.508 e. The van der Waals surface area contributed by atoms with Crippen molar-refractivity contribution in [2.75, 3.05) is 5.73 Å². The van der Waals surface area contributed by atoms with E-state index < -0.39 is 46.9 Å². The van der Waals surface area contributed by atoms with Gasteiger partial charge in [0, 0.05) is 24.1 Å². The van der Waals surface area contributed by atoms with Crippen molar-refractivity contribution >= 4 is 27.5 Å². The Hall–Kier alpha value is -3.07. The fourth-order valence-corrected chi connectivity index (χ4v) is 4.30.